The minimum Gasteiger partial charge on any atom is -0.481 e. The number of likely N-dealkylation sites (tertiary alicyclic amines) is 3. The van der Waals surface area contributed by atoms with Crippen molar-refractivity contribution in [3.05, 3.63) is 0 Å². The number of thiol groups is 1. The maximum absolute atomic E-state index is 14.4. The highest BCUT2D eigenvalue weighted by molar-refractivity contribution is 7.80. The molecule has 24 N–H and O–H groups in total. The molecule has 0 radical (unpaired) electrons. The standard InChI is InChI=1S/C57H97N19O18S/c1-29(2)44(73-49(86)36(27-77)71-52(89)39-16-10-23-76(39)55(92)40-17-11-21-74(40)42(79)26-60)53(90)70-35(25-43(80)81)48(85)67-32(14-8-20-64-57(62)63)45(82)66-31(12-4-6-18-58)46(83)72-37(28-95)50(87)68-33(13-5-7-19-59)54(91)75-22-9-15-38(75)51(88)69-34(24-41(61)78)47(84)65-30(3)56(93)94/h29-40,44,77,95H,4-28,58-60H2,1-3H3,(H2,61,78)(H,65,84)(H,66,82)(H,67,85)(H,68,87)(H,69,88)(H,70,90)(H,71,89)(H,72,83)(H,73,86)(H,80,81)(H,93,94)(H4,62,63,64)/t30-,31-,32-,33-,34-,35-,36-,37-,38-,39-,40-,44-/m0/s1. The number of nitrogens with one attached hydrogen (secondary N) is 9. The molecule has 0 aromatic rings. The molecule has 0 aromatic carbocycles. The summed E-state index contributed by atoms with van der Waals surface area (Å²) in [7, 11) is 0. The Hall–Kier alpha value is -8.49. The molecule has 13 amide bonds. The number of hydrogen-bond donors (Lipinski definition) is 19. The maximum Gasteiger partial charge on any atom is 0.325 e. The van der Waals surface area contributed by atoms with E-state index in [9.17, 15) is 87.2 Å². The van der Waals surface area contributed by atoms with Gasteiger partial charge in [-0.25, -0.2) is 0 Å². The predicted molar refractivity (Wildman–Crippen MR) is 342 cm³/mol. The van der Waals surface area contributed by atoms with E-state index in [1.165, 1.54) is 28.5 Å². The minimum absolute atomic E-state index is 0.00940. The summed E-state index contributed by atoms with van der Waals surface area (Å²) in [4.78, 5) is 209. The number of guanidine groups is 1. The minimum atomic E-state index is -1.95. The van der Waals surface area contributed by atoms with Gasteiger partial charge in [-0.2, -0.15) is 12.6 Å². The number of nitrogens with zero attached hydrogens (tertiary/aromatic N) is 4. The Balaban J connectivity index is 1.84. The van der Waals surface area contributed by atoms with Gasteiger partial charge in [-0.3, -0.25) is 76.9 Å². The van der Waals surface area contributed by atoms with Crippen molar-refractivity contribution in [1.82, 2.24) is 62.6 Å². The molecule has 0 aromatic heterocycles. The Morgan fingerprint density at radius 3 is 1.45 bits per heavy atom. The van der Waals surface area contributed by atoms with Gasteiger partial charge in [0.1, 0.15) is 72.5 Å². The van der Waals surface area contributed by atoms with Crippen LogP contribution in [0.5, 0.6) is 0 Å². The number of aliphatic hydroxyl groups is 1. The van der Waals surface area contributed by atoms with Crippen molar-refractivity contribution in [2.24, 2.45) is 45.3 Å². The molecule has 3 heterocycles. The van der Waals surface area contributed by atoms with Crippen LogP contribution in [0.1, 0.15) is 124 Å². The number of aliphatic carboxylic acids is 2. The molecule has 0 saturated carbocycles. The highest BCUT2D eigenvalue weighted by Gasteiger charge is 2.44. The normalized spacial score (nSPS) is 18.8. The first-order valence-electron chi connectivity index (χ1n) is 31.7. The Bertz CT molecular complexity index is 2760. The number of carbonyl (C=O) groups excluding carboxylic acids is 13. The molecule has 12 atom stereocenters. The lowest BCUT2D eigenvalue weighted by Crippen LogP contribution is -2.61. The van der Waals surface area contributed by atoms with Crippen LogP contribution in [0.25, 0.3) is 0 Å². The Labute approximate surface area is 554 Å². The summed E-state index contributed by atoms with van der Waals surface area (Å²) < 4.78 is 0. The first-order valence-corrected chi connectivity index (χ1v) is 32.3. The summed E-state index contributed by atoms with van der Waals surface area (Å²) in [5, 5.41) is 51.4. The summed E-state index contributed by atoms with van der Waals surface area (Å²) in [6.45, 7) is 3.58. The van der Waals surface area contributed by atoms with E-state index < -0.39 is 187 Å². The molecule has 0 unspecified atom stereocenters. The summed E-state index contributed by atoms with van der Waals surface area (Å²) >= 11 is 4.30. The fourth-order valence-corrected chi connectivity index (χ4v) is 11.2. The monoisotopic (exact) mass is 1370 g/mol. The van der Waals surface area contributed by atoms with Gasteiger partial charge in [0.2, 0.25) is 76.8 Å². The van der Waals surface area contributed by atoms with Crippen LogP contribution < -0.4 is 82.3 Å². The predicted octanol–water partition coefficient (Wildman–Crippen LogP) is -8.37. The van der Waals surface area contributed by atoms with Crippen molar-refractivity contribution in [1.29, 1.82) is 0 Å². The number of carboxylic acid groups (broad SMARTS) is 2. The molecule has 38 heteroatoms. The topological polar surface area (TPSA) is 603 Å². The number of unbranched alkanes of at least 4 members (excludes halogenated alkanes) is 2. The Morgan fingerprint density at radius 1 is 0.505 bits per heavy atom. The van der Waals surface area contributed by atoms with Crippen molar-refractivity contribution in [2.75, 3.05) is 58.2 Å². The molecule has 3 aliphatic heterocycles. The number of carbonyl (C=O) groups is 15. The van der Waals surface area contributed by atoms with Gasteiger partial charge in [0.15, 0.2) is 5.96 Å². The summed E-state index contributed by atoms with van der Waals surface area (Å²) in [6.07, 6.45) is 0.912. The number of primary amides is 1. The molecule has 534 valence electrons. The smallest absolute Gasteiger partial charge is 0.325 e. The zero-order valence-corrected chi connectivity index (χ0v) is 54.7. The SMILES string of the molecule is CC(C)[C@H](NC(=O)[C@H](CO)NC(=O)[C@@H]1CCCN1C(=O)[C@@H]1CCCN1C(=O)CN)C(=O)N[C@@H](CC(=O)O)C(=O)N[C@@H](CCCN=C(N)N)C(=O)N[C@@H](CCCCN)C(=O)N[C@@H](CS)C(=O)N[C@@H](CCCCN)C(=O)N1CCC[C@H]1C(=O)N[C@@H](CC(N)=O)C(=O)N[C@@H](C)C(=O)O. The van der Waals surface area contributed by atoms with Crippen LogP contribution in [0, 0.1) is 5.92 Å². The zero-order valence-electron chi connectivity index (χ0n) is 53.8. The molecule has 3 aliphatic rings. The van der Waals surface area contributed by atoms with Crippen LogP contribution in [-0.4, -0.2) is 255 Å². The highest BCUT2D eigenvalue weighted by atomic mass is 32.1. The number of amides is 13. The van der Waals surface area contributed by atoms with Gasteiger partial charge < -0.3 is 112 Å². The summed E-state index contributed by atoms with van der Waals surface area (Å²) in [5.74, 6) is -16.2. The third-order valence-corrected chi connectivity index (χ3v) is 16.5. The maximum atomic E-state index is 14.4. The molecule has 3 rings (SSSR count). The molecule has 0 aliphatic carbocycles. The van der Waals surface area contributed by atoms with Gasteiger partial charge in [-0.15, -0.1) is 0 Å². The molecule has 0 bridgehead atoms. The van der Waals surface area contributed by atoms with E-state index in [2.05, 4.69) is 65.5 Å². The van der Waals surface area contributed by atoms with Gasteiger partial charge in [0, 0.05) is 31.9 Å². The molecule has 37 nitrogen and oxygen atoms in total. The lowest BCUT2D eigenvalue weighted by molar-refractivity contribution is -0.146. The number of aliphatic hydroxyl groups excluding tert-OH is 1. The number of nitrogens with two attached hydrogens (primary N) is 6. The molecule has 3 saturated heterocycles. The van der Waals surface area contributed by atoms with E-state index in [0.717, 1.165) is 6.92 Å². The van der Waals surface area contributed by atoms with E-state index in [4.69, 9.17) is 34.4 Å². The van der Waals surface area contributed by atoms with Crippen LogP contribution >= 0.6 is 12.6 Å². The van der Waals surface area contributed by atoms with Crippen LogP contribution in [0.3, 0.4) is 0 Å². The largest absolute Gasteiger partial charge is 0.481 e. The number of hydrogen-bond acceptors (Lipinski definition) is 21. The van der Waals surface area contributed by atoms with Crippen molar-refractivity contribution >= 4 is 107 Å². The van der Waals surface area contributed by atoms with Crippen LogP contribution in [-0.2, 0) is 71.9 Å². The van der Waals surface area contributed by atoms with E-state index in [-0.39, 0.29) is 102 Å². The average molecular weight is 1370 g/mol. The lowest BCUT2D eigenvalue weighted by Gasteiger charge is -2.31. The molecular weight excluding hydrogens is 1270 g/mol. The first kappa shape index (κ1) is 80.7. The van der Waals surface area contributed by atoms with Crippen molar-refractivity contribution < 1.29 is 87.2 Å². The van der Waals surface area contributed by atoms with Crippen molar-refractivity contribution in [3.8, 4) is 0 Å². The van der Waals surface area contributed by atoms with E-state index in [1.54, 1.807) is 0 Å². The van der Waals surface area contributed by atoms with Crippen molar-refractivity contribution in [3.63, 3.8) is 0 Å². The Morgan fingerprint density at radius 2 is 0.947 bits per heavy atom. The van der Waals surface area contributed by atoms with Crippen molar-refractivity contribution in [2.45, 2.75) is 196 Å². The van der Waals surface area contributed by atoms with E-state index in [1.807, 2.05) is 0 Å². The van der Waals surface area contributed by atoms with Crippen LogP contribution in [0.15, 0.2) is 4.99 Å². The quantitative estimate of drug-likeness (QED) is 0.0117. The van der Waals surface area contributed by atoms with E-state index in [0.29, 0.717) is 45.1 Å². The Kier molecular flexibility index (Phi) is 34.6. The molecular formula is C57H97N19O18S. The van der Waals surface area contributed by atoms with Crippen LogP contribution in [0.2, 0.25) is 0 Å². The molecule has 3 fully saturated rings. The number of carboxylic acids is 2. The number of aliphatic imine (C=N–C) groups is 1. The lowest BCUT2D eigenvalue weighted by atomic mass is 10.0. The second kappa shape index (κ2) is 40.7. The summed E-state index contributed by atoms with van der Waals surface area (Å²) in [5.41, 5.74) is 33.4. The first-order chi connectivity index (χ1) is 44.9. The fourth-order valence-electron chi connectivity index (χ4n) is 11.0. The molecule has 0 spiro atoms. The van der Waals surface area contributed by atoms with Gasteiger partial charge >= 0.3 is 11.9 Å². The van der Waals surface area contributed by atoms with E-state index >= 15 is 0 Å². The third kappa shape index (κ3) is 25.6. The zero-order chi connectivity index (χ0) is 71.2. The number of rotatable bonds is 41. The fraction of sp³-hybridized carbons (Fsp3) is 0.719. The van der Waals surface area contributed by atoms with Gasteiger partial charge in [0.05, 0.1) is 26.0 Å². The second-order valence-corrected chi connectivity index (χ2v) is 24.1. The van der Waals surface area contributed by atoms with Gasteiger partial charge in [-0.05, 0) is 116 Å². The van der Waals surface area contributed by atoms with Gasteiger partial charge in [0.25, 0.3) is 0 Å². The average Bonchev–Trinajstić information content (AvgIpc) is 1.71. The summed E-state index contributed by atoms with van der Waals surface area (Å²) in [6, 6.07) is -17.3. The second-order valence-electron chi connectivity index (χ2n) is 23.7. The highest BCUT2D eigenvalue weighted by Crippen LogP contribution is 2.26. The molecule has 95 heavy (non-hydrogen) atoms. The van der Waals surface area contributed by atoms with Gasteiger partial charge in [-0.1, -0.05) is 13.8 Å². The van der Waals surface area contributed by atoms with Crippen LogP contribution in [0.4, 0.5) is 0 Å². The third-order valence-electron chi connectivity index (χ3n) is 16.1.